The fraction of sp³-hybridized carbons (Fsp3) is 0.273. The number of hydrogen-bond acceptors (Lipinski definition) is 4. The molecule has 3 aromatic rings. The Morgan fingerprint density at radius 3 is 2.64 bits per heavy atom. The zero-order chi connectivity index (χ0) is 20.1. The molecule has 6 heteroatoms. The number of fused-ring (bicyclic) bond motifs is 1. The molecule has 0 spiro atoms. The largest absolute Gasteiger partial charge is 0.464 e. The first kappa shape index (κ1) is 19.6. The summed E-state index contributed by atoms with van der Waals surface area (Å²) in [6, 6.07) is 10.9. The van der Waals surface area contributed by atoms with E-state index in [1.54, 1.807) is 37.6 Å². The van der Waals surface area contributed by atoms with E-state index < -0.39 is 0 Å². The Morgan fingerprint density at radius 2 is 1.86 bits per heavy atom. The van der Waals surface area contributed by atoms with Crippen LogP contribution in [0.2, 0.25) is 0 Å². The van der Waals surface area contributed by atoms with Gasteiger partial charge in [0.05, 0.1) is 30.5 Å². The van der Waals surface area contributed by atoms with E-state index in [1.807, 2.05) is 26.0 Å². The lowest BCUT2D eigenvalue weighted by Crippen LogP contribution is -2.28. The van der Waals surface area contributed by atoms with E-state index >= 15 is 0 Å². The number of hydrogen-bond donors (Lipinski definition) is 2. The highest BCUT2D eigenvalue weighted by Crippen LogP contribution is 2.25. The molecule has 0 aliphatic carbocycles. The lowest BCUT2D eigenvalue weighted by molar-refractivity contribution is -0.115. The molecule has 6 nitrogen and oxygen atoms in total. The van der Waals surface area contributed by atoms with Crippen LogP contribution in [0.4, 0.5) is 5.69 Å². The number of benzene rings is 2. The number of aryl methyl sites for hydroxylation is 2. The Kier molecular flexibility index (Phi) is 6.11. The second-order valence-electron chi connectivity index (χ2n) is 6.71. The maximum absolute atomic E-state index is 12.6. The predicted octanol–water partition coefficient (Wildman–Crippen LogP) is 3.61. The zero-order valence-corrected chi connectivity index (χ0v) is 16.3. The number of carbonyl (C=O) groups excluding carboxylic acids is 2. The molecule has 0 fully saturated rings. The first-order valence-corrected chi connectivity index (χ1v) is 9.13. The van der Waals surface area contributed by atoms with Gasteiger partial charge in [-0.15, -0.1) is 0 Å². The number of ether oxygens (including phenoxy) is 1. The highest BCUT2D eigenvalue weighted by atomic mass is 16.5. The number of rotatable bonds is 7. The summed E-state index contributed by atoms with van der Waals surface area (Å²) < 4.78 is 10.5. The summed E-state index contributed by atoms with van der Waals surface area (Å²) in [4.78, 5) is 25.0. The van der Waals surface area contributed by atoms with E-state index in [0.717, 1.165) is 27.7 Å². The lowest BCUT2D eigenvalue weighted by Gasteiger charge is -2.11. The highest BCUT2D eigenvalue weighted by Gasteiger charge is 2.15. The summed E-state index contributed by atoms with van der Waals surface area (Å²) in [6.45, 7) is 4.88. The van der Waals surface area contributed by atoms with Crippen molar-refractivity contribution in [3.63, 3.8) is 0 Å². The minimum atomic E-state index is -0.257. The lowest BCUT2D eigenvalue weighted by atomic mass is 10.0. The molecule has 2 N–H and O–H groups in total. The van der Waals surface area contributed by atoms with Crippen LogP contribution in [0.3, 0.4) is 0 Å². The van der Waals surface area contributed by atoms with E-state index in [1.165, 1.54) is 0 Å². The van der Waals surface area contributed by atoms with Gasteiger partial charge in [-0.2, -0.15) is 0 Å². The summed E-state index contributed by atoms with van der Waals surface area (Å²) in [5, 5.41) is 6.54. The number of carbonyl (C=O) groups is 2. The van der Waals surface area contributed by atoms with Crippen LogP contribution in [-0.4, -0.2) is 32.1 Å². The number of anilines is 1. The molecule has 0 bridgehead atoms. The Hall–Kier alpha value is -3.12. The minimum absolute atomic E-state index is 0.162. The molecule has 1 heterocycles. The molecule has 146 valence electrons. The topological polar surface area (TPSA) is 80.6 Å². The molecule has 0 saturated heterocycles. The maximum Gasteiger partial charge on any atom is 0.253 e. The van der Waals surface area contributed by atoms with E-state index in [-0.39, 0.29) is 18.2 Å². The van der Waals surface area contributed by atoms with Crippen molar-refractivity contribution in [1.29, 1.82) is 0 Å². The van der Waals surface area contributed by atoms with Crippen molar-refractivity contribution in [3.8, 4) is 0 Å². The fourth-order valence-corrected chi connectivity index (χ4v) is 2.99. The quantitative estimate of drug-likeness (QED) is 0.614. The molecule has 28 heavy (non-hydrogen) atoms. The van der Waals surface area contributed by atoms with Gasteiger partial charge in [0.1, 0.15) is 5.58 Å². The summed E-state index contributed by atoms with van der Waals surface area (Å²) in [7, 11) is 1.57. The standard InChI is InChI=1S/C22H24N2O4/c1-14-10-18-16(13-28-20(18)11-15(14)2)12-21(25)24-19-7-5-4-6-17(19)22(26)23-8-9-27-3/h4-7,10-11,13H,8-9,12H2,1-3H3,(H,23,26)(H,24,25). The average molecular weight is 380 g/mol. The smallest absolute Gasteiger partial charge is 0.253 e. The number of nitrogens with one attached hydrogen (secondary N) is 2. The van der Waals surface area contributed by atoms with Crippen LogP contribution in [-0.2, 0) is 16.0 Å². The van der Waals surface area contributed by atoms with Crippen LogP contribution >= 0.6 is 0 Å². The van der Waals surface area contributed by atoms with Crippen LogP contribution in [0.25, 0.3) is 11.0 Å². The molecule has 0 atom stereocenters. The molecule has 2 amide bonds. The average Bonchev–Trinajstić information content (AvgIpc) is 3.04. The summed E-state index contributed by atoms with van der Waals surface area (Å²) in [6.07, 6.45) is 1.78. The van der Waals surface area contributed by atoms with E-state index in [4.69, 9.17) is 9.15 Å². The maximum atomic E-state index is 12.6. The van der Waals surface area contributed by atoms with Gasteiger partial charge in [-0.3, -0.25) is 9.59 Å². The zero-order valence-electron chi connectivity index (χ0n) is 16.3. The third kappa shape index (κ3) is 4.40. The van der Waals surface area contributed by atoms with Crippen LogP contribution in [0.15, 0.2) is 47.1 Å². The van der Waals surface area contributed by atoms with Crippen molar-refractivity contribution in [2.75, 3.05) is 25.6 Å². The van der Waals surface area contributed by atoms with Gasteiger partial charge in [-0.1, -0.05) is 12.1 Å². The SMILES string of the molecule is COCCNC(=O)c1ccccc1NC(=O)Cc1coc2cc(C)c(C)cc12. The molecule has 2 aromatic carbocycles. The number of methoxy groups -OCH3 is 1. The Labute approximate surface area is 163 Å². The van der Waals surface area contributed by atoms with Crippen molar-refractivity contribution in [2.24, 2.45) is 0 Å². The summed E-state index contributed by atoms with van der Waals surface area (Å²) >= 11 is 0. The van der Waals surface area contributed by atoms with Crippen molar-refractivity contribution >= 4 is 28.5 Å². The predicted molar refractivity (Wildman–Crippen MR) is 109 cm³/mol. The molecular weight excluding hydrogens is 356 g/mol. The van der Waals surface area contributed by atoms with Gasteiger partial charge in [0.15, 0.2) is 0 Å². The highest BCUT2D eigenvalue weighted by molar-refractivity contribution is 6.04. The molecule has 0 aliphatic heterocycles. The van der Waals surface area contributed by atoms with Gasteiger partial charge >= 0.3 is 0 Å². The minimum Gasteiger partial charge on any atom is -0.464 e. The van der Waals surface area contributed by atoms with Gasteiger partial charge in [0.2, 0.25) is 5.91 Å². The van der Waals surface area contributed by atoms with Crippen LogP contribution < -0.4 is 10.6 Å². The van der Waals surface area contributed by atoms with Crippen LogP contribution in [0, 0.1) is 13.8 Å². The van der Waals surface area contributed by atoms with Crippen molar-refractivity contribution in [2.45, 2.75) is 20.3 Å². The number of para-hydroxylation sites is 1. The molecule has 3 rings (SSSR count). The van der Waals surface area contributed by atoms with E-state index in [0.29, 0.717) is 24.4 Å². The molecule has 0 unspecified atom stereocenters. The second kappa shape index (κ2) is 8.71. The first-order chi connectivity index (χ1) is 13.5. The molecule has 0 radical (unpaired) electrons. The number of furan rings is 1. The van der Waals surface area contributed by atoms with E-state index in [9.17, 15) is 9.59 Å². The summed E-state index contributed by atoms with van der Waals surface area (Å²) in [5.74, 6) is -0.467. The fourth-order valence-electron chi connectivity index (χ4n) is 2.99. The Morgan fingerprint density at radius 1 is 1.11 bits per heavy atom. The molecule has 0 aliphatic rings. The van der Waals surface area contributed by atoms with Gasteiger partial charge in [0.25, 0.3) is 5.91 Å². The van der Waals surface area contributed by atoms with Crippen molar-refractivity contribution < 1.29 is 18.7 Å². The Bertz CT molecular complexity index is 1010. The van der Waals surface area contributed by atoms with Gasteiger partial charge in [0, 0.05) is 24.6 Å². The van der Waals surface area contributed by atoms with Crippen LogP contribution in [0.1, 0.15) is 27.0 Å². The number of amides is 2. The third-order valence-electron chi connectivity index (χ3n) is 4.66. The van der Waals surface area contributed by atoms with Crippen LogP contribution in [0.5, 0.6) is 0 Å². The van der Waals surface area contributed by atoms with Gasteiger partial charge in [-0.05, 0) is 49.2 Å². The molecule has 1 aromatic heterocycles. The molecular formula is C22H24N2O4. The molecule has 0 saturated carbocycles. The summed E-state index contributed by atoms with van der Waals surface area (Å²) in [5.41, 5.74) is 4.76. The monoisotopic (exact) mass is 380 g/mol. The van der Waals surface area contributed by atoms with Gasteiger partial charge in [-0.25, -0.2) is 0 Å². The Balaban J connectivity index is 1.74. The first-order valence-electron chi connectivity index (χ1n) is 9.13. The normalized spacial score (nSPS) is 10.8. The van der Waals surface area contributed by atoms with E-state index in [2.05, 4.69) is 10.6 Å². The van der Waals surface area contributed by atoms with Gasteiger partial charge < -0.3 is 19.8 Å². The third-order valence-corrected chi connectivity index (χ3v) is 4.66. The second-order valence-corrected chi connectivity index (χ2v) is 6.71. The van der Waals surface area contributed by atoms with Crippen molar-refractivity contribution in [1.82, 2.24) is 5.32 Å². The van der Waals surface area contributed by atoms with Crippen molar-refractivity contribution in [3.05, 3.63) is 64.9 Å².